The van der Waals surface area contributed by atoms with Crippen molar-refractivity contribution in [1.29, 1.82) is 0 Å². The smallest absolute Gasteiger partial charge is 0.319 e. The van der Waals surface area contributed by atoms with Crippen LogP contribution in [0.1, 0.15) is 18.5 Å². The van der Waals surface area contributed by atoms with Gasteiger partial charge in [0.05, 0.1) is 25.9 Å². The predicted molar refractivity (Wildman–Crippen MR) is 93.8 cm³/mol. The summed E-state index contributed by atoms with van der Waals surface area (Å²) in [7, 11) is 3.16. The van der Waals surface area contributed by atoms with Crippen LogP contribution < -0.4 is 20.1 Å². The van der Waals surface area contributed by atoms with Gasteiger partial charge in [-0.1, -0.05) is 18.2 Å². The summed E-state index contributed by atoms with van der Waals surface area (Å²) in [5.41, 5.74) is 1.57. The van der Waals surface area contributed by atoms with Crippen LogP contribution in [0.3, 0.4) is 0 Å². The van der Waals surface area contributed by atoms with Crippen LogP contribution in [0, 0.1) is 0 Å². The van der Waals surface area contributed by atoms with Crippen LogP contribution >= 0.6 is 12.6 Å². The van der Waals surface area contributed by atoms with Crippen LogP contribution in [0.2, 0.25) is 0 Å². The Morgan fingerprint density at radius 3 is 2.43 bits per heavy atom. The number of urea groups is 1. The number of para-hydroxylation sites is 1. The molecule has 2 rings (SSSR count). The Morgan fingerprint density at radius 2 is 1.78 bits per heavy atom. The van der Waals surface area contributed by atoms with Crippen molar-refractivity contribution in [2.24, 2.45) is 0 Å². The molecule has 0 bridgehead atoms. The van der Waals surface area contributed by atoms with Crippen LogP contribution in [0.25, 0.3) is 0 Å². The minimum absolute atomic E-state index is 0.193. The van der Waals surface area contributed by atoms with Crippen LogP contribution in [0.5, 0.6) is 11.5 Å². The van der Waals surface area contributed by atoms with Crippen molar-refractivity contribution in [3.8, 4) is 11.5 Å². The van der Waals surface area contributed by atoms with E-state index in [1.165, 1.54) is 0 Å². The van der Waals surface area contributed by atoms with Gasteiger partial charge >= 0.3 is 6.03 Å². The van der Waals surface area contributed by atoms with Crippen LogP contribution in [-0.4, -0.2) is 20.3 Å². The van der Waals surface area contributed by atoms with E-state index in [0.717, 1.165) is 5.56 Å². The lowest BCUT2D eigenvalue weighted by Crippen LogP contribution is -2.31. The van der Waals surface area contributed by atoms with Gasteiger partial charge in [0.1, 0.15) is 0 Å². The summed E-state index contributed by atoms with van der Waals surface area (Å²) in [4.78, 5) is 12.8. The zero-order valence-corrected chi connectivity index (χ0v) is 14.2. The highest BCUT2D eigenvalue weighted by Gasteiger charge is 2.13. The molecule has 2 amide bonds. The summed E-state index contributed by atoms with van der Waals surface area (Å²) in [6.45, 7) is 1.90. The maximum Gasteiger partial charge on any atom is 0.319 e. The number of hydrogen-bond acceptors (Lipinski definition) is 4. The zero-order chi connectivity index (χ0) is 16.8. The van der Waals surface area contributed by atoms with E-state index >= 15 is 0 Å². The second-order valence-corrected chi connectivity index (χ2v) is 5.43. The van der Waals surface area contributed by atoms with Crippen LogP contribution in [0.4, 0.5) is 10.5 Å². The summed E-state index contributed by atoms with van der Waals surface area (Å²) in [5, 5.41) is 5.66. The topological polar surface area (TPSA) is 59.6 Å². The molecule has 0 aromatic heterocycles. The first-order valence-corrected chi connectivity index (χ1v) is 7.57. The largest absolute Gasteiger partial charge is 0.493 e. The molecule has 122 valence electrons. The molecule has 23 heavy (non-hydrogen) atoms. The number of carbonyl (C=O) groups is 1. The molecule has 5 nitrogen and oxygen atoms in total. The Kier molecular flexibility index (Phi) is 5.76. The molecule has 2 aromatic rings. The van der Waals surface area contributed by atoms with Crippen molar-refractivity contribution in [2.45, 2.75) is 17.9 Å². The SMILES string of the molecule is COc1ccc(C(C)NC(=O)Nc2ccccc2S)cc1OC. The fraction of sp³-hybridized carbons (Fsp3) is 0.235. The number of amides is 2. The number of methoxy groups -OCH3 is 2. The molecule has 0 aliphatic carbocycles. The number of ether oxygens (including phenoxy) is 2. The van der Waals surface area contributed by atoms with E-state index in [-0.39, 0.29) is 12.1 Å². The molecule has 2 N–H and O–H groups in total. The van der Waals surface area contributed by atoms with E-state index < -0.39 is 0 Å². The average Bonchev–Trinajstić information content (AvgIpc) is 2.56. The second-order valence-electron chi connectivity index (χ2n) is 4.95. The number of rotatable bonds is 5. The third kappa shape index (κ3) is 4.32. The van der Waals surface area contributed by atoms with Gasteiger partial charge in [-0.15, -0.1) is 12.6 Å². The standard InChI is InChI=1S/C17H20N2O3S/c1-11(12-8-9-14(21-2)15(10-12)22-3)18-17(20)19-13-6-4-5-7-16(13)23/h4-11,23H,1-3H3,(H2,18,19,20). The van der Waals surface area contributed by atoms with Crippen molar-refractivity contribution < 1.29 is 14.3 Å². The van der Waals surface area contributed by atoms with Gasteiger partial charge in [-0.2, -0.15) is 0 Å². The maximum absolute atomic E-state index is 12.1. The van der Waals surface area contributed by atoms with Gasteiger partial charge in [0.15, 0.2) is 11.5 Å². The quantitative estimate of drug-likeness (QED) is 0.728. The highest BCUT2D eigenvalue weighted by molar-refractivity contribution is 7.80. The molecule has 6 heteroatoms. The maximum atomic E-state index is 12.1. The third-order valence-corrected chi connectivity index (χ3v) is 3.80. The van der Waals surface area contributed by atoms with E-state index in [1.54, 1.807) is 20.3 Å². The van der Waals surface area contributed by atoms with Crippen molar-refractivity contribution in [2.75, 3.05) is 19.5 Å². The first kappa shape index (κ1) is 17.0. The molecule has 0 radical (unpaired) electrons. The normalized spacial score (nSPS) is 11.5. The Balaban J connectivity index is 2.05. The molecule has 0 aliphatic heterocycles. The summed E-state index contributed by atoms with van der Waals surface area (Å²) in [5.74, 6) is 1.27. The number of hydrogen-bond donors (Lipinski definition) is 3. The molecule has 2 aromatic carbocycles. The lowest BCUT2D eigenvalue weighted by Gasteiger charge is -2.17. The molecule has 1 atom stereocenters. The fourth-order valence-electron chi connectivity index (χ4n) is 2.14. The first-order valence-electron chi connectivity index (χ1n) is 7.12. The average molecular weight is 332 g/mol. The third-order valence-electron chi connectivity index (χ3n) is 3.41. The van der Waals surface area contributed by atoms with Gasteiger partial charge in [-0.25, -0.2) is 4.79 Å². The summed E-state index contributed by atoms with van der Waals surface area (Å²) in [6.07, 6.45) is 0. The lowest BCUT2D eigenvalue weighted by molar-refractivity contribution is 0.249. The molecule has 0 fully saturated rings. The van der Waals surface area contributed by atoms with Crippen molar-refractivity contribution in [3.63, 3.8) is 0 Å². The van der Waals surface area contributed by atoms with Gasteiger partial charge < -0.3 is 20.1 Å². The summed E-state index contributed by atoms with van der Waals surface area (Å²) in [6, 6.07) is 12.4. The van der Waals surface area contributed by atoms with Crippen molar-refractivity contribution in [1.82, 2.24) is 5.32 Å². The highest BCUT2D eigenvalue weighted by atomic mass is 32.1. The Hall–Kier alpha value is -2.34. The molecule has 0 aliphatic rings. The van der Waals surface area contributed by atoms with Crippen molar-refractivity contribution >= 4 is 24.3 Å². The van der Waals surface area contributed by atoms with Gasteiger partial charge in [-0.05, 0) is 36.8 Å². The monoisotopic (exact) mass is 332 g/mol. The van der Waals surface area contributed by atoms with E-state index in [9.17, 15) is 4.79 Å². The van der Waals surface area contributed by atoms with E-state index in [1.807, 2.05) is 43.3 Å². The van der Waals surface area contributed by atoms with Crippen LogP contribution in [0.15, 0.2) is 47.4 Å². The molecule has 0 heterocycles. The van der Waals surface area contributed by atoms with Gasteiger partial charge in [0.25, 0.3) is 0 Å². The Morgan fingerprint density at radius 1 is 1.09 bits per heavy atom. The molecule has 0 saturated carbocycles. The first-order chi connectivity index (χ1) is 11.0. The molecular weight excluding hydrogens is 312 g/mol. The van der Waals surface area contributed by atoms with Gasteiger partial charge in [0, 0.05) is 4.90 Å². The number of nitrogens with one attached hydrogen (secondary N) is 2. The second kappa shape index (κ2) is 7.78. The molecule has 1 unspecified atom stereocenters. The van der Waals surface area contributed by atoms with Crippen LogP contribution in [-0.2, 0) is 0 Å². The van der Waals surface area contributed by atoms with Gasteiger partial charge in [-0.3, -0.25) is 0 Å². The fourth-order valence-corrected chi connectivity index (χ4v) is 2.36. The molecular formula is C17H20N2O3S. The van der Waals surface area contributed by atoms with E-state index in [2.05, 4.69) is 23.3 Å². The number of benzene rings is 2. The Labute approximate surface area is 141 Å². The summed E-state index contributed by atoms with van der Waals surface area (Å²) < 4.78 is 10.5. The minimum atomic E-state index is -0.297. The van der Waals surface area contributed by atoms with E-state index in [0.29, 0.717) is 22.1 Å². The highest BCUT2D eigenvalue weighted by Crippen LogP contribution is 2.30. The van der Waals surface area contributed by atoms with Gasteiger partial charge in [0.2, 0.25) is 0 Å². The number of anilines is 1. The summed E-state index contributed by atoms with van der Waals surface area (Å²) >= 11 is 4.31. The number of thiol groups is 1. The predicted octanol–water partition coefficient (Wildman–Crippen LogP) is 3.88. The molecule has 0 spiro atoms. The lowest BCUT2D eigenvalue weighted by atomic mass is 10.1. The van der Waals surface area contributed by atoms with Crippen molar-refractivity contribution in [3.05, 3.63) is 48.0 Å². The minimum Gasteiger partial charge on any atom is -0.493 e. The zero-order valence-electron chi connectivity index (χ0n) is 13.3. The number of carbonyl (C=O) groups excluding carboxylic acids is 1. The van der Waals surface area contributed by atoms with E-state index in [4.69, 9.17) is 9.47 Å². The molecule has 0 saturated heterocycles. The Bertz CT molecular complexity index is 691.